The normalized spacial score (nSPS) is 19.8. The van der Waals surface area contributed by atoms with Crippen LogP contribution in [0.4, 0.5) is 0 Å². The summed E-state index contributed by atoms with van der Waals surface area (Å²) in [5.41, 5.74) is 1.17. The number of hydrogen-bond acceptors (Lipinski definition) is 3. The lowest BCUT2D eigenvalue weighted by atomic mass is 10.2. The Kier molecular flexibility index (Phi) is 3.78. The van der Waals surface area contributed by atoms with Gasteiger partial charge in [-0.25, -0.2) is 0 Å². The van der Waals surface area contributed by atoms with E-state index >= 15 is 0 Å². The molecule has 2 rings (SSSR count). The highest BCUT2D eigenvalue weighted by molar-refractivity contribution is 7.81. The summed E-state index contributed by atoms with van der Waals surface area (Å²) in [7, 11) is 0. The van der Waals surface area contributed by atoms with E-state index in [4.69, 9.17) is 4.74 Å². The summed E-state index contributed by atoms with van der Waals surface area (Å²) in [4.78, 5) is 2.15. The molecule has 0 aromatic heterocycles. The third-order valence-electron chi connectivity index (χ3n) is 2.76. The SMILES string of the molecule is C=C(OCc1ccccc1)N1CCC(S)C1. The van der Waals surface area contributed by atoms with Crippen molar-refractivity contribution in [3.05, 3.63) is 48.4 Å². The summed E-state index contributed by atoms with van der Waals surface area (Å²) in [5, 5.41) is 0.456. The van der Waals surface area contributed by atoms with Crippen LogP contribution >= 0.6 is 12.6 Å². The van der Waals surface area contributed by atoms with Gasteiger partial charge >= 0.3 is 0 Å². The Morgan fingerprint density at radius 1 is 1.44 bits per heavy atom. The zero-order valence-electron chi connectivity index (χ0n) is 9.30. The molecule has 0 amide bonds. The largest absolute Gasteiger partial charge is 0.475 e. The summed E-state index contributed by atoms with van der Waals surface area (Å²) in [6, 6.07) is 10.1. The lowest BCUT2D eigenvalue weighted by Gasteiger charge is -2.20. The Labute approximate surface area is 102 Å². The molecule has 1 aliphatic rings. The van der Waals surface area contributed by atoms with Crippen molar-refractivity contribution >= 4 is 12.6 Å². The molecule has 0 bridgehead atoms. The Morgan fingerprint density at radius 2 is 2.19 bits per heavy atom. The average molecular weight is 235 g/mol. The van der Waals surface area contributed by atoms with Gasteiger partial charge in [-0.1, -0.05) is 30.3 Å². The van der Waals surface area contributed by atoms with E-state index in [1.54, 1.807) is 0 Å². The number of likely N-dealkylation sites (tertiary alicyclic amines) is 1. The molecule has 1 aromatic carbocycles. The maximum atomic E-state index is 5.66. The molecule has 0 radical (unpaired) electrons. The molecule has 1 aromatic rings. The number of thiol groups is 1. The standard InChI is InChI=1S/C13H17NOS/c1-11(14-8-7-13(16)9-14)15-10-12-5-3-2-4-6-12/h2-6,13,16H,1,7-10H2. The van der Waals surface area contributed by atoms with Gasteiger partial charge in [0.1, 0.15) is 6.61 Å². The van der Waals surface area contributed by atoms with Gasteiger partial charge in [0.2, 0.25) is 0 Å². The second-order valence-corrected chi connectivity index (χ2v) is 4.79. The molecule has 16 heavy (non-hydrogen) atoms. The lowest BCUT2D eigenvalue weighted by molar-refractivity contribution is 0.117. The van der Waals surface area contributed by atoms with Crippen LogP contribution in [0.25, 0.3) is 0 Å². The molecule has 0 aliphatic carbocycles. The van der Waals surface area contributed by atoms with Crippen molar-refractivity contribution in [2.24, 2.45) is 0 Å². The van der Waals surface area contributed by atoms with Crippen LogP contribution in [-0.2, 0) is 11.3 Å². The number of benzene rings is 1. The minimum atomic E-state index is 0.456. The van der Waals surface area contributed by atoms with Crippen LogP contribution in [0.15, 0.2) is 42.8 Å². The van der Waals surface area contributed by atoms with Crippen LogP contribution in [0.1, 0.15) is 12.0 Å². The first-order valence-electron chi connectivity index (χ1n) is 5.54. The first kappa shape index (κ1) is 11.4. The van der Waals surface area contributed by atoms with Gasteiger partial charge in [0, 0.05) is 18.3 Å². The molecule has 1 saturated heterocycles. The fraction of sp³-hybridized carbons (Fsp3) is 0.385. The number of rotatable bonds is 4. The van der Waals surface area contributed by atoms with Gasteiger partial charge in [-0.3, -0.25) is 0 Å². The van der Waals surface area contributed by atoms with Crippen molar-refractivity contribution in [1.29, 1.82) is 0 Å². The zero-order chi connectivity index (χ0) is 11.4. The van der Waals surface area contributed by atoms with Crippen molar-refractivity contribution < 1.29 is 4.74 Å². The van der Waals surface area contributed by atoms with Crippen LogP contribution in [0, 0.1) is 0 Å². The van der Waals surface area contributed by atoms with Crippen LogP contribution in [0.3, 0.4) is 0 Å². The Hall–Kier alpha value is -1.09. The summed E-state index contributed by atoms with van der Waals surface area (Å²) in [5.74, 6) is 0.764. The third kappa shape index (κ3) is 2.95. The molecule has 2 nitrogen and oxygen atoms in total. The van der Waals surface area contributed by atoms with Gasteiger partial charge in [0.25, 0.3) is 0 Å². The second kappa shape index (κ2) is 5.30. The van der Waals surface area contributed by atoms with E-state index in [9.17, 15) is 0 Å². The number of nitrogens with zero attached hydrogens (tertiary/aromatic N) is 1. The minimum Gasteiger partial charge on any atom is -0.475 e. The highest BCUT2D eigenvalue weighted by atomic mass is 32.1. The molecule has 0 spiro atoms. The summed E-state index contributed by atoms with van der Waals surface area (Å²) in [6.07, 6.45) is 1.11. The van der Waals surface area contributed by atoms with Gasteiger partial charge in [0.15, 0.2) is 5.88 Å². The quantitative estimate of drug-likeness (QED) is 0.636. The van der Waals surface area contributed by atoms with E-state index < -0.39 is 0 Å². The van der Waals surface area contributed by atoms with Gasteiger partial charge < -0.3 is 9.64 Å². The van der Waals surface area contributed by atoms with E-state index in [-0.39, 0.29) is 0 Å². The van der Waals surface area contributed by atoms with Crippen molar-refractivity contribution in [3.63, 3.8) is 0 Å². The van der Waals surface area contributed by atoms with Crippen molar-refractivity contribution in [1.82, 2.24) is 4.90 Å². The van der Waals surface area contributed by atoms with Gasteiger partial charge in [-0.05, 0) is 18.6 Å². The Bertz CT molecular complexity index is 352. The fourth-order valence-electron chi connectivity index (χ4n) is 1.80. The van der Waals surface area contributed by atoms with Gasteiger partial charge in [-0.2, -0.15) is 12.6 Å². The molecule has 1 heterocycles. The molecular formula is C13H17NOS. The van der Waals surface area contributed by atoms with Crippen LogP contribution in [0.5, 0.6) is 0 Å². The van der Waals surface area contributed by atoms with Crippen LogP contribution in [0.2, 0.25) is 0 Å². The second-order valence-electron chi connectivity index (χ2n) is 4.06. The smallest absolute Gasteiger partial charge is 0.182 e. The highest BCUT2D eigenvalue weighted by Crippen LogP contribution is 2.19. The van der Waals surface area contributed by atoms with E-state index in [2.05, 4.69) is 36.2 Å². The summed E-state index contributed by atoms with van der Waals surface area (Å²) >= 11 is 4.45. The minimum absolute atomic E-state index is 0.456. The van der Waals surface area contributed by atoms with E-state index in [0.29, 0.717) is 11.9 Å². The van der Waals surface area contributed by atoms with E-state index in [0.717, 1.165) is 25.4 Å². The predicted octanol–water partition coefficient (Wildman–Crippen LogP) is 2.68. The van der Waals surface area contributed by atoms with Gasteiger partial charge in [0.05, 0.1) is 0 Å². The topological polar surface area (TPSA) is 12.5 Å². The molecule has 1 aliphatic heterocycles. The first-order chi connectivity index (χ1) is 7.75. The van der Waals surface area contributed by atoms with Crippen molar-refractivity contribution in [2.75, 3.05) is 13.1 Å². The summed E-state index contributed by atoms with van der Waals surface area (Å²) in [6.45, 7) is 6.49. The highest BCUT2D eigenvalue weighted by Gasteiger charge is 2.20. The van der Waals surface area contributed by atoms with Crippen LogP contribution < -0.4 is 0 Å². The lowest BCUT2D eigenvalue weighted by Crippen LogP contribution is -2.21. The molecule has 86 valence electrons. The monoisotopic (exact) mass is 235 g/mol. The molecule has 1 atom stereocenters. The molecule has 3 heteroatoms. The number of ether oxygens (including phenoxy) is 1. The zero-order valence-corrected chi connectivity index (χ0v) is 10.2. The third-order valence-corrected chi connectivity index (χ3v) is 3.19. The number of hydrogen-bond donors (Lipinski definition) is 1. The molecule has 0 saturated carbocycles. The van der Waals surface area contributed by atoms with Crippen LogP contribution in [-0.4, -0.2) is 23.2 Å². The molecular weight excluding hydrogens is 218 g/mol. The molecule has 0 N–H and O–H groups in total. The maximum Gasteiger partial charge on any atom is 0.182 e. The Balaban J connectivity index is 1.80. The van der Waals surface area contributed by atoms with Crippen molar-refractivity contribution in [2.45, 2.75) is 18.3 Å². The van der Waals surface area contributed by atoms with E-state index in [1.165, 1.54) is 5.56 Å². The predicted molar refractivity (Wildman–Crippen MR) is 69.3 cm³/mol. The molecule has 1 unspecified atom stereocenters. The first-order valence-corrected chi connectivity index (χ1v) is 6.06. The van der Waals surface area contributed by atoms with Gasteiger partial charge in [-0.15, -0.1) is 0 Å². The maximum absolute atomic E-state index is 5.66. The Morgan fingerprint density at radius 3 is 2.81 bits per heavy atom. The van der Waals surface area contributed by atoms with E-state index in [1.807, 2.05) is 18.2 Å². The average Bonchev–Trinajstić information content (AvgIpc) is 2.74. The molecule has 1 fully saturated rings. The van der Waals surface area contributed by atoms with Crippen molar-refractivity contribution in [3.8, 4) is 0 Å². The fourth-order valence-corrected chi connectivity index (χ4v) is 2.11. The summed E-state index contributed by atoms with van der Waals surface area (Å²) < 4.78 is 5.66.